The Bertz CT molecular complexity index is 1800. The van der Waals surface area contributed by atoms with Crippen LogP contribution in [-0.2, 0) is 9.47 Å². The van der Waals surface area contributed by atoms with E-state index in [9.17, 15) is 4.79 Å². The molecule has 0 bridgehead atoms. The number of rotatable bonds is 12. The van der Waals surface area contributed by atoms with Gasteiger partial charge in [-0.1, -0.05) is 25.5 Å². The molecule has 0 aliphatic heterocycles. The first-order valence-electron chi connectivity index (χ1n) is 14.9. The standard InChI is InChI=1S/C34H39N5O6/c1-7-8-14-43-25-11-9-10-22(18-25)31-37-27-20-29(42-6)30(44-16-15-41-5)19-26(27)32(38-31)36-24-12-13-28-23(17-24)21-35-39(28)33(40)45-34(2,3)4/h9-13,17-21H,7-8,14-16H2,1-6H3,(H,36,37,38). The number of aromatic nitrogens is 4. The lowest BCUT2D eigenvalue weighted by Gasteiger charge is -2.19. The second kappa shape index (κ2) is 13.8. The van der Waals surface area contributed by atoms with Gasteiger partial charge in [-0.05, 0) is 63.6 Å². The molecule has 1 N–H and O–H groups in total. The highest BCUT2D eigenvalue weighted by Crippen LogP contribution is 2.37. The molecule has 0 aliphatic rings. The van der Waals surface area contributed by atoms with Crippen LogP contribution in [0, 0.1) is 0 Å². The van der Waals surface area contributed by atoms with Gasteiger partial charge in [-0.2, -0.15) is 9.78 Å². The van der Waals surface area contributed by atoms with Crippen LogP contribution in [0.2, 0.25) is 0 Å². The predicted molar refractivity (Wildman–Crippen MR) is 174 cm³/mol. The molecule has 0 atom stereocenters. The summed E-state index contributed by atoms with van der Waals surface area (Å²) in [4.78, 5) is 22.6. The summed E-state index contributed by atoms with van der Waals surface area (Å²) in [6, 6.07) is 17.0. The molecule has 45 heavy (non-hydrogen) atoms. The van der Waals surface area contributed by atoms with Crippen LogP contribution in [0.1, 0.15) is 40.5 Å². The number of fused-ring (bicyclic) bond motifs is 2. The van der Waals surface area contributed by atoms with Crippen LogP contribution in [0.5, 0.6) is 17.2 Å². The maximum atomic E-state index is 12.7. The van der Waals surface area contributed by atoms with E-state index in [2.05, 4.69) is 17.3 Å². The van der Waals surface area contributed by atoms with Gasteiger partial charge >= 0.3 is 6.09 Å². The zero-order valence-electron chi connectivity index (χ0n) is 26.5. The van der Waals surface area contributed by atoms with E-state index in [1.54, 1.807) is 20.4 Å². The summed E-state index contributed by atoms with van der Waals surface area (Å²) in [5.74, 6) is 2.92. The molecule has 0 saturated heterocycles. The number of nitrogens with zero attached hydrogens (tertiary/aromatic N) is 4. The van der Waals surface area contributed by atoms with Crippen LogP contribution >= 0.6 is 0 Å². The van der Waals surface area contributed by atoms with Gasteiger partial charge in [0.05, 0.1) is 37.6 Å². The molecule has 236 valence electrons. The van der Waals surface area contributed by atoms with E-state index in [0.717, 1.165) is 40.6 Å². The Morgan fingerprint density at radius 1 is 0.933 bits per heavy atom. The molecule has 2 aromatic heterocycles. The maximum absolute atomic E-state index is 12.7. The molecule has 11 heteroatoms. The van der Waals surface area contributed by atoms with Gasteiger partial charge in [0, 0.05) is 35.2 Å². The zero-order valence-corrected chi connectivity index (χ0v) is 26.5. The van der Waals surface area contributed by atoms with Gasteiger partial charge < -0.3 is 29.0 Å². The molecule has 0 spiro atoms. The first-order valence-corrected chi connectivity index (χ1v) is 14.9. The van der Waals surface area contributed by atoms with Crippen molar-refractivity contribution in [3.63, 3.8) is 0 Å². The lowest BCUT2D eigenvalue weighted by atomic mass is 10.1. The molecule has 0 saturated carbocycles. The molecule has 3 aromatic carbocycles. The van der Waals surface area contributed by atoms with Crippen molar-refractivity contribution in [2.75, 3.05) is 39.4 Å². The first-order chi connectivity index (χ1) is 21.7. The molecule has 0 unspecified atom stereocenters. The summed E-state index contributed by atoms with van der Waals surface area (Å²) in [5.41, 5.74) is 2.20. The smallest absolute Gasteiger partial charge is 0.435 e. The second-order valence-corrected chi connectivity index (χ2v) is 11.4. The van der Waals surface area contributed by atoms with E-state index in [-0.39, 0.29) is 0 Å². The summed E-state index contributed by atoms with van der Waals surface area (Å²) in [6.07, 6.45) is 3.11. The van der Waals surface area contributed by atoms with Crippen molar-refractivity contribution < 1.29 is 28.5 Å². The largest absolute Gasteiger partial charge is 0.494 e. The third-order valence-electron chi connectivity index (χ3n) is 6.78. The number of methoxy groups -OCH3 is 2. The van der Waals surface area contributed by atoms with Crippen LogP contribution in [0.15, 0.2) is 60.8 Å². The third kappa shape index (κ3) is 7.61. The fraction of sp³-hybridized carbons (Fsp3) is 0.353. The Morgan fingerprint density at radius 3 is 2.53 bits per heavy atom. The summed E-state index contributed by atoms with van der Waals surface area (Å²) in [7, 11) is 3.21. The number of carbonyl (C=O) groups is 1. The van der Waals surface area contributed by atoms with Crippen LogP contribution in [0.25, 0.3) is 33.2 Å². The van der Waals surface area contributed by atoms with E-state index >= 15 is 0 Å². The van der Waals surface area contributed by atoms with E-state index in [0.29, 0.717) is 54.0 Å². The van der Waals surface area contributed by atoms with Crippen molar-refractivity contribution in [2.45, 2.75) is 46.1 Å². The van der Waals surface area contributed by atoms with Crippen LogP contribution in [0.4, 0.5) is 16.3 Å². The minimum atomic E-state index is -0.640. The van der Waals surface area contributed by atoms with E-state index in [4.69, 9.17) is 33.7 Å². The summed E-state index contributed by atoms with van der Waals surface area (Å²) >= 11 is 0. The number of nitrogens with one attached hydrogen (secondary N) is 1. The molecule has 2 heterocycles. The average Bonchev–Trinajstić information content (AvgIpc) is 3.44. The van der Waals surface area contributed by atoms with Crippen LogP contribution < -0.4 is 19.5 Å². The van der Waals surface area contributed by atoms with Crippen molar-refractivity contribution in [1.82, 2.24) is 19.7 Å². The highest BCUT2D eigenvalue weighted by atomic mass is 16.6. The molecule has 5 aromatic rings. The SMILES string of the molecule is CCCCOc1cccc(-c2nc(Nc3ccc4c(cnn4C(=O)OC(C)(C)C)c3)c3cc(OCCOC)c(OC)cc3n2)c1. The molecule has 0 aliphatic carbocycles. The summed E-state index contributed by atoms with van der Waals surface area (Å²) in [5, 5.41) is 9.21. The molecular weight excluding hydrogens is 574 g/mol. The van der Waals surface area contributed by atoms with Crippen LogP contribution in [-0.4, -0.2) is 65.5 Å². The molecule has 5 rings (SSSR count). The normalized spacial score (nSPS) is 11.5. The van der Waals surface area contributed by atoms with Crippen molar-refractivity contribution >= 4 is 39.4 Å². The van der Waals surface area contributed by atoms with Crippen LogP contribution in [0.3, 0.4) is 0 Å². The van der Waals surface area contributed by atoms with Gasteiger partial charge in [0.2, 0.25) is 0 Å². The average molecular weight is 614 g/mol. The number of ether oxygens (including phenoxy) is 5. The van der Waals surface area contributed by atoms with Gasteiger partial charge in [0.25, 0.3) is 0 Å². The van der Waals surface area contributed by atoms with Crippen molar-refractivity contribution in [3.8, 4) is 28.6 Å². The Hall–Kier alpha value is -4.90. The fourth-order valence-electron chi connectivity index (χ4n) is 4.63. The van der Waals surface area contributed by atoms with E-state index in [1.807, 2.05) is 75.4 Å². The van der Waals surface area contributed by atoms with Crippen molar-refractivity contribution in [2.24, 2.45) is 0 Å². The molecular formula is C34H39N5O6. The quantitative estimate of drug-likeness (QED) is 0.143. The number of anilines is 2. The topological polar surface area (TPSA) is 119 Å². The Morgan fingerprint density at radius 2 is 1.78 bits per heavy atom. The predicted octanol–water partition coefficient (Wildman–Crippen LogP) is 7.39. The number of hydrogen-bond acceptors (Lipinski definition) is 10. The molecule has 0 fully saturated rings. The Labute approximate surface area is 262 Å². The monoisotopic (exact) mass is 613 g/mol. The Kier molecular flexibility index (Phi) is 9.68. The van der Waals surface area contributed by atoms with Gasteiger partial charge in [-0.15, -0.1) is 0 Å². The number of unbranched alkanes of at least 4 members (excludes halogenated alkanes) is 1. The van der Waals surface area contributed by atoms with E-state index in [1.165, 1.54) is 4.68 Å². The highest BCUT2D eigenvalue weighted by Gasteiger charge is 2.21. The molecule has 0 amide bonds. The van der Waals surface area contributed by atoms with Gasteiger partial charge in [-0.25, -0.2) is 14.8 Å². The highest BCUT2D eigenvalue weighted by molar-refractivity contribution is 5.96. The Balaban J connectivity index is 1.56. The lowest BCUT2D eigenvalue weighted by Crippen LogP contribution is -2.27. The molecule has 0 radical (unpaired) electrons. The van der Waals surface area contributed by atoms with Gasteiger partial charge in [-0.3, -0.25) is 0 Å². The van der Waals surface area contributed by atoms with Crippen molar-refractivity contribution in [3.05, 3.63) is 60.8 Å². The fourth-order valence-corrected chi connectivity index (χ4v) is 4.63. The van der Waals surface area contributed by atoms with Crippen molar-refractivity contribution in [1.29, 1.82) is 0 Å². The third-order valence-corrected chi connectivity index (χ3v) is 6.78. The first kappa shape index (κ1) is 31.5. The number of benzene rings is 3. The lowest BCUT2D eigenvalue weighted by molar-refractivity contribution is 0.0522. The minimum Gasteiger partial charge on any atom is -0.494 e. The zero-order chi connectivity index (χ0) is 32.0. The minimum absolute atomic E-state index is 0.350. The summed E-state index contributed by atoms with van der Waals surface area (Å²) in [6.45, 7) is 9.00. The van der Waals surface area contributed by atoms with Gasteiger partial charge in [0.1, 0.15) is 23.8 Å². The van der Waals surface area contributed by atoms with Gasteiger partial charge in [0.15, 0.2) is 17.3 Å². The number of hydrogen-bond donors (Lipinski definition) is 1. The second-order valence-electron chi connectivity index (χ2n) is 11.4. The van der Waals surface area contributed by atoms with E-state index < -0.39 is 11.7 Å². The maximum Gasteiger partial charge on any atom is 0.435 e. The number of carbonyl (C=O) groups excluding carboxylic acids is 1. The summed E-state index contributed by atoms with van der Waals surface area (Å²) < 4.78 is 29.5. The molecule has 11 nitrogen and oxygen atoms in total.